The van der Waals surface area contributed by atoms with Gasteiger partial charge in [0.15, 0.2) is 0 Å². The second-order valence-corrected chi connectivity index (χ2v) is 5.35. The molecule has 0 unspecified atom stereocenters. The van der Waals surface area contributed by atoms with E-state index >= 15 is 0 Å². The summed E-state index contributed by atoms with van der Waals surface area (Å²) in [5.74, 6) is 0. The number of allylic oxidation sites excluding steroid dienone is 4. The minimum Gasteiger partial charge on any atom is -0.456 e. The zero-order chi connectivity index (χ0) is 13.2. The van der Waals surface area contributed by atoms with E-state index in [0.717, 1.165) is 5.69 Å². The molecule has 0 aliphatic heterocycles. The van der Waals surface area contributed by atoms with Crippen molar-refractivity contribution in [2.24, 2.45) is 5.41 Å². The summed E-state index contributed by atoms with van der Waals surface area (Å²) in [7, 11) is 0. The molecule has 0 amide bonds. The molecule has 2 rings (SSSR count). The van der Waals surface area contributed by atoms with Crippen LogP contribution in [0.15, 0.2) is 22.8 Å². The fraction of sp³-hybridized carbons (Fsp3) is 0.500. The van der Waals surface area contributed by atoms with E-state index in [-0.39, 0.29) is 31.6 Å². The zero-order valence-corrected chi connectivity index (χ0v) is 15.0. The van der Waals surface area contributed by atoms with E-state index in [4.69, 9.17) is 0 Å². The first-order valence-corrected chi connectivity index (χ1v) is 6.08. The molecule has 0 radical (unpaired) electrons. The van der Waals surface area contributed by atoms with Gasteiger partial charge in [0.05, 0.1) is 0 Å². The fourth-order valence-electron chi connectivity index (χ4n) is 1.99. The number of rotatable bonds is 0. The Labute approximate surface area is 131 Å². The number of hydrogen-bond acceptors (Lipinski definition) is 0. The first-order valence-electron chi connectivity index (χ1n) is 6.08. The Morgan fingerprint density at radius 2 is 1.61 bits per heavy atom. The molecule has 0 saturated heterocycles. The number of aromatic amines is 1. The molecule has 0 atom stereocenters. The summed E-state index contributed by atoms with van der Waals surface area (Å²) < 4.78 is 0. The summed E-state index contributed by atoms with van der Waals surface area (Å²) in [6.45, 7) is 14.9. The van der Waals surface area contributed by atoms with Gasteiger partial charge in [0.25, 0.3) is 0 Å². The smallest absolute Gasteiger partial charge is 0.456 e. The number of aryl methyl sites for hydroxylation is 2. The van der Waals surface area contributed by atoms with Crippen LogP contribution in [-0.2, 0) is 26.2 Å². The van der Waals surface area contributed by atoms with Crippen molar-refractivity contribution in [2.75, 3.05) is 0 Å². The summed E-state index contributed by atoms with van der Waals surface area (Å²) in [5, 5.41) is 0. The van der Waals surface area contributed by atoms with Crippen molar-refractivity contribution in [2.45, 2.75) is 48.5 Å². The van der Waals surface area contributed by atoms with Crippen LogP contribution >= 0.6 is 0 Å². The van der Waals surface area contributed by atoms with E-state index < -0.39 is 0 Å². The molecule has 1 aliphatic carbocycles. The average Bonchev–Trinajstić information content (AvgIpc) is 2.66. The van der Waals surface area contributed by atoms with Crippen molar-refractivity contribution < 1.29 is 26.2 Å². The summed E-state index contributed by atoms with van der Waals surface area (Å²) in [6, 6.07) is 4.95. The monoisotopic (exact) mass is 319 g/mol. The maximum atomic E-state index is 3.44. The van der Waals surface area contributed by atoms with Crippen molar-refractivity contribution in [3.63, 3.8) is 0 Å². The van der Waals surface area contributed by atoms with Crippen molar-refractivity contribution in [1.82, 2.24) is 4.98 Å². The van der Waals surface area contributed by atoms with E-state index in [1.807, 2.05) is 19.9 Å². The number of aromatic nitrogens is 1. The van der Waals surface area contributed by atoms with Crippen LogP contribution < -0.4 is 0 Å². The van der Waals surface area contributed by atoms with Gasteiger partial charge in [-0.2, -0.15) is 11.1 Å². The maximum absolute atomic E-state index is 3.44. The molecule has 2 heteroatoms. The second-order valence-electron chi connectivity index (χ2n) is 5.35. The molecule has 1 aromatic heterocycles. The van der Waals surface area contributed by atoms with E-state index in [0.29, 0.717) is 0 Å². The van der Waals surface area contributed by atoms with Gasteiger partial charge in [-0.1, -0.05) is 45.7 Å². The molecule has 96 valence electrons. The quantitative estimate of drug-likeness (QED) is 0.675. The minimum atomic E-state index is 0. The van der Waals surface area contributed by atoms with E-state index in [9.17, 15) is 0 Å². The second kappa shape index (κ2) is 6.71. The van der Waals surface area contributed by atoms with Crippen molar-refractivity contribution in [3.8, 4) is 0 Å². The molecular formula is C16H23NZr. The van der Waals surface area contributed by atoms with E-state index in [1.165, 1.54) is 22.4 Å². The molecule has 1 nitrogen and oxygen atoms in total. The van der Waals surface area contributed by atoms with Crippen LogP contribution in [0.1, 0.15) is 46.0 Å². The Bertz CT molecular complexity index is 445. The summed E-state index contributed by atoms with van der Waals surface area (Å²) >= 11 is 0. The number of hydrogen-bond donors (Lipinski definition) is 1. The van der Waals surface area contributed by atoms with E-state index in [2.05, 4.69) is 51.7 Å². The average molecular weight is 321 g/mol. The van der Waals surface area contributed by atoms with Crippen molar-refractivity contribution >= 4 is 0 Å². The predicted molar refractivity (Wildman–Crippen MR) is 73.7 cm³/mol. The number of H-pyrrole nitrogens is 1. The van der Waals surface area contributed by atoms with Gasteiger partial charge in [-0.3, -0.25) is 6.08 Å². The van der Waals surface area contributed by atoms with Crippen LogP contribution in [0.2, 0.25) is 0 Å². The first kappa shape index (κ1) is 17.6. The molecular weight excluding hydrogens is 297 g/mol. The molecule has 1 aliphatic rings. The Kier molecular flexibility index (Phi) is 6.57. The van der Waals surface area contributed by atoms with Crippen LogP contribution in [0.4, 0.5) is 0 Å². The summed E-state index contributed by atoms with van der Waals surface area (Å²) in [5.41, 5.74) is 6.68. The van der Waals surface area contributed by atoms with Crippen LogP contribution in [0.25, 0.3) is 0 Å². The molecule has 0 aromatic carbocycles. The molecule has 1 heterocycles. The van der Waals surface area contributed by atoms with Crippen molar-refractivity contribution in [3.05, 3.63) is 46.3 Å². The van der Waals surface area contributed by atoms with Gasteiger partial charge < -0.3 is 4.98 Å². The topological polar surface area (TPSA) is 15.8 Å². The van der Waals surface area contributed by atoms with Crippen LogP contribution in [0.3, 0.4) is 0 Å². The number of nitrogens with one attached hydrogen (secondary N) is 1. The molecule has 0 bridgehead atoms. The third-order valence-electron chi connectivity index (χ3n) is 3.45. The van der Waals surface area contributed by atoms with Gasteiger partial charge in [-0.15, -0.1) is 12.6 Å². The fourth-order valence-corrected chi connectivity index (χ4v) is 1.99. The molecule has 0 saturated carbocycles. The Morgan fingerprint density at radius 1 is 1.06 bits per heavy atom. The van der Waals surface area contributed by atoms with Gasteiger partial charge in [0, 0.05) is 0 Å². The maximum Gasteiger partial charge on any atom is 2.00 e. The van der Waals surface area contributed by atoms with Gasteiger partial charge in [0.1, 0.15) is 0 Å². The van der Waals surface area contributed by atoms with Crippen LogP contribution in [-0.4, -0.2) is 4.98 Å². The van der Waals surface area contributed by atoms with Gasteiger partial charge in [-0.05, 0) is 6.92 Å². The predicted octanol–water partition coefficient (Wildman–Crippen LogP) is 4.54. The largest absolute Gasteiger partial charge is 2.00 e. The zero-order valence-electron chi connectivity index (χ0n) is 12.6. The molecule has 0 fully saturated rings. The minimum absolute atomic E-state index is 0. The Balaban J connectivity index is 0.000000321. The summed E-state index contributed by atoms with van der Waals surface area (Å²) in [4.78, 5) is 3.08. The van der Waals surface area contributed by atoms with Gasteiger partial charge in [0.2, 0.25) is 0 Å². The Hall–Kier alpha value is -0.357. The van der Waals surface area contributed by atoms with E-state index in [1.54, 1.807) is 0 Å². The normalized spacial score (nSPS) is 16.7. The summed E-state index contributed by atoms with van der Waals surface area (Å²) in [6.07, 6.45) is 3.44. The van der Waals surface area contributed by atoms with Crippen LogP contribution in [0.5, 0.6) is 0 Å². The Morgan fingerprint density at radius 3 is 1.72 bits per heavy atom. The molecule has 1 aromatic rings. The van der Waals surface area contributed by atoms with Crippen molar-refractivity contribution in [1.29, 1.82) is 0 Å². The molecule has 0 spiro atoms. The SMILES string of the molecule is CC1=[C-]C(C)(C)C(C)=C1C.Cc1[c-]cc(C)[nH]1.[Zr+2]. The third kappa shape index (κ3) is 4.39. The first-order chi connectivity index (χ1) is 7.74. The molecule has 18 heavy (non-hydrogen) atoms. The van der Waals surface area contributed by atoms with Gasteiger partial charge in [-0.25, -0.2) is 17.7 Å². The third-order valence-corrected chi connectivity index (χ3v) is 3.45. The standard InChI is InChI=1S/C10H15.C6H8N.Zr/c1-7-6-10(4,5)9(3)8(7)2;1-5-3-4-6(2)7-5;/h1-5H3;3,7H,1-2H3;/q2*-1;+2. The molecule has 1 N–H and O–H groups in total. The van der Waals surface area contributed by atoms with Crippen LogP contribution in [0, 0.1) is 31.4 Å². The van der Waals surface area contributed by atoms with Gasteiger partial charge >= 0.3 is 26.2 Å².